The van der Waals surface area contributed by atoms with E-state index in [1.807, 2.05) is 0 Å². The molecule has 1 atom stereocenters. The molecular formula is C20H20N2O6. The smallest absolute Gasteiger partial charge is 0.342 e. The van der Waals surface area contributed by atoms with E-state index in [0.29, 0.717) is 22.4 Å². The Bertz CT molecular complexity index is 1080. The second kappa shape index (κ2) is 7.99. The number of carbonyl (C=O) groups is 1. The highest BCUT2D eigenvalue weighted by Crippen LogP contribution is 2.35. The Labute approximate surface area is 161 Å². The Morgan fingerprint density at radius 2 is 1.64 bits per heavy atom. The molecule has 0 aliphatic heterocycles. The molecule has 3 aromatic rings. The van der Waals surface area contributed by atoms with Gasteiger partial charge in [-0.25, -0.2) is 9.78 Å². The Kier molecular flexibility index (Phi) is 5.49. The highest BCUT2D eigenvalue weighted by atomic mass is 16.5. The van der Waals surface area contributed by atoms with Gasteiger partial charge >= 0.3 is 5.97 Å². The topological polar surface area (TPSA) is 99.7 Å². The molecule has 0 bridgehead atoms. The summed E-state index contributed by atoms with van der Waals surface area (Å²) in [6, 6.07) is 9.95. The number of methoxy groups -OCH3 is 3. The maximum Gasteiger partial charge on any atom is 0.342 e. The van der Waals surface area contributed by atoms with Crippen LogP contribution in [0.5, 0.6) is 17.2 Å². The van der Waals surface area contributed by atoms with E-state index >= 15 is 0 Å². The summed E-state index contributed by atoms with van der Waals surface area (Å²) in [7, 11) is 4.38. The first-order chi connectivity index (χ1) is 13.5. The molecule has 2 aromatic carbocycles. The quantitative estimate of drug-likeness (QED) is 0.652. The molecule has 0 fully saturated rings. The minimum Gasteiger partial charge on any atom is -0.496 e. The Morgan fingerprint density at radius 3 is 2.32 bits per heavy atom. The lowest BCUT2D eigenvalue weighted by Crippen LogP contribution is -2.18. The average molecular weight is 384 g/mol. The van der Waals surface area contributed by atoms with Crippen molar-refractivity contribution < 1.29 is 23.7 Å². The van der Waals surface area contributed by atoms with Crippen molar-refractivity contribution in [3.63, 3.8) is 0 Å². The first-order valence-electron chi connectivity index (χ1n) is 8.48. The molecule has 0 saturated heterocycles. The molecule has 0 spiro atoms. The number of aromatic nitrogens is 2. The van der Waals surface area contributed by atoms with Gasteiger partial charge in [-0.05, 0) is 19.1 Å². The fraction of sp³-hybridized carbons (Fsp3) is 0.250. The molecule has 3 rings (SSSR count). The van der Waals surface area contributed by atoms with Gasteiger partial charge in [0, 0.05) is 12.1 Å². The number of rotatable bonds is 6. The van der Waals surface area contributed by atoms with Crippen molar-refractivity contribution in [2.24, 2.45) is 0 Å². The SMILES string of the molecule is COc1cc(OC)c(C(=O)O[C@H](C)c2nc3ccccc3c(=O)[nH]2)cc1OC. The summed E-state index contributed by atoms with van der Waals surface area (Å²) in [6.45, 7) is 1.62. The monoisotopic (exact) mass is 384 g/mol. The number of fused-ring (bicyclic) bond motifs is 1. The summed E-state index contributed by atoms with van der Waals surface area (Å²) < 4.78 is 21.2. The van der Waals surface area contributed by atoms with Crippen molar-refractivity contribution in [3.8, 4) is 17.2 Å². The standard InChI is InChI=1S/C20H20N2O6/c1-11(18-21-14-8-6-5-7-12(14)19(23)22-18)28-20(24)13-9-16(26-3)17(27-4)10-15(13)25-2/h5-11H,1-4H3,(H,21,22,23)/t11-/m1/s1. The summed E-state index contributed by atoms with van der Waals surface area (Å²) in [6.07, 6.45) is -0.789. The molecule has 1 N–H and O–H groups in total. The van der Waals surface area contributed by atoms with Crippen LogP contribution in [0.25, 0.3) is 10.9 Å². The molecule has 8 heteroatoms. The van der Waals surface area contributed by atoms with Crippen LogP contribution in [0.3, 0.4) is 0 Å². The van der Waals surface area contributed by atoms with Gasteiger partial charge in [-0.3, -0.25) is 4.79 Å². The number of nitrogens with one attached hydrogen (secondary N) is 1. The minimum atomic E-state index is -0.789. The van der Waals surface area contributed by atoms with Crippen molar-refractivity contribution in [1.29, 1.82) is 0 Å². The third kappa shape index (κ3) is 3.62. The van der Waals surface area contributed by atoms with Gasteiger partial charge in [0.05, 0.1) is 32.2 Å². The van der Waals surface area contributed by atoms with Gasteiger partial charge < -0.3 is 23.9 Å². The molecule has 0 aliphatic carbocycles. The summed E-state index contributed by atoms with van der Waals surface area (Å²) in [5.74, 6) is 0.650. The van der Waals surface area contributed by atoms with E-state index in [0.717, 1.165) is 0 Å². The van der Waals surface area contributed by atoms with E-state index in [9.17, 15) is 9.59 Å². The van der Waals surface area contributed by atoms with E-state index < -0.39 is 12.1 Å². The van der Waals surface area contributed by atoms with Crippen molar-refractivity contribution in [1.82, 2.24) is 9.97 Å². The molecule has 0 aliphatic rings. The molecule has 0 radical (unpaired) electrons. The molecule has 1 aromatic heterocycles. The number of hydrogen-bond donors (Lipinski definition) is 1. The van der Waals surface area contributed by atoms with Crippen molar-refractivity contribution >= 4 is 16.9 Å². The van der Waals surface area contributed by atoms with Crippen LogP contribution in [-0.2, 0) is 4.74 Å². The fourth-order valence-electron chi connectivity index (χ4n) is 2.77. The van der Waals surface area contributed by atoms with Crippen LogP contribution in [0.2, 0.25) is 0 Å². The van der Waals surface area contributed by atoms with Crippen LogP contribution in [0.15, 0.2) is 41.2 Å². The van der Waals surface area contributed by atoms with Gasteiger partial charge in [-0.1, -0.05) is 12.1 Å². The number of nitrogens with zero attached hydrogens (tertiary/aromatic N) is 1. The highest BCUT2D eigenvalue weighted by Gasteiger charge is 2.22. The second-order valence-corrected chi connectivity index (χ2v) is 5.92. The first-order valence-corrected chi connectivity index (χ1v) is 8.48. The van der Waals surface area contributed by atoms with Crippen LogP contribution in [0.4, 0.5) is 0 Å². The van der Waals surface area contributed by atoms with Crippen LogP contribution >= 0.6 is 0 Å². The number of hydrogen-bond acceptors (Lipinski definition) is 7. The third-order valence-electron chi connectivity index (χ3n) is 4.23. The number of para-hydroxylation sites is 1. The highest BCUT2D eigenvalue weighted by molar-refractivity contribution is 5.93. The van der Waals surface area contributed by atoms with Crippen LogP contribution in [0, 0.1) is 0 Å². The van der Waals surface area contributed by atoms with E-state index in [2.05, 4.69) is 9.97 Å². The number of aromatic amines is 1. The number of ether oxygens (including phenoxy) is 4. The van der Waals surface area contributed by atoms with Crippen LogP contribution in [0.1, 0.15) is 29.2 Å². The number of benzene rings is 2. The lowest BCUT2D eigenvalue weighted by molar-refractivity contribution is 0.0316. The predicted octanol–water partition coefficient (Wildman–Crippen LogP) is 2.87. The largest absolute Gasteiger partial charge is 0.496 e. The maximum absolute atomic E-state index is 12.7. The van der Waals surface area contributed by atoms with E-state index in [4.69, 9.17) is 18.9 Å². The van der Waals surface area contributed by atoms with Crippen molar-refractivity contribution in [3.05, 3.63) is 58.1 Å². The number of esters is 1. The molecule has 8 nitrogen and oxygen atoms in total. The molecular weight excluding hydrogens is 364 g/mol. The zero-order valence-electron chi connectivity index (χ0n) is 15.9. The summed E-state index contributed by atoms with van der Waals surface area (Å²) >= 11 is 0. The van der Waals surface area contributed by atoms with Gasteiger partial charge in [0.2, 0.25) is 0 Å². The molecule has 0 saturated carbocycles. The Morgan fingerprint density at radius 1 is 1.00 bits per heavy atom. The molecule has 1 heterocycles. The van der Waals surface area contributed by atoms with E-state index in [1.54, 1.807) is 31.2 Å². The molecule has 0 unspecified atom stereocenters. The Balaban J connectivity index is 1.92. The van der Waals surface area contributed by atoms with Gasteiger partial charge in [0.15, 0.2) is 23.4 Å². The van der Waals surface area contributed by atoms with Gasteiger partial charge in [-0.2, -0.15) is 0 Å². The van der Waals surface area contributed by atoms with E-state index in [-0.39, 0.29) is 22.7 Å². The Hall–Kier alpha value is -3.55. The summed E-state index contributed by atoms with van der Waals surface area (Å²) in [5, 5.41) is 0.464. The first kappa shape index (κ1) is 19.2. The van der Waals surface area contributed by atoms with Crippen molar-refractivity contribution in [2.75, 3.05) is 21.3 Å². The number of H-pyrrole nitrogens is 1. The average Bonchev–Trinajstić information content (AvgIpc) is 2.72. The summed E-state index contributed by atoms with van der Waals surface area (Å²) in [5.41, 5.74) is 0.384. The molecule has 28 heavy (non-hydrogen) atoms. The van der Waals surface area contributed by atoms with E-state index in [1.165, 1.54) is 33.5 Å². The lowest BCUT2D eigenvalue weighted by Gasteiger charge is -2.16. The summed E-state index contributed by atoms with van der Waals surface area (Å²) in [4.78, 5) is 32.0. The number of carbonyl (C=O) groups excluding carboxylic acids is 1. The maximum atomic E-state index is 12.7. The van der Waals surface area contributed by atoms with Crippen LogP contribution in [-0.4, -0.2) is 37.3 Å². The molecule has 146 valence electrons. The van der Waals surface area contributed by atoms with Crippen molar-refractivity contribution in [2.45, 2.75) is 13.0 Å². The van der Waals surface area contributed by atoms with Gasteiger partial charge in [-0.15, -0.1) is 0 Å². The predicted molar refractivity (Wildman–Crippen MR) is 102 cm³/mol. The van der Waals surface area contributed by atoms with Gasteiger partial charge in [0.1, 0.15) is 11.3 Å². The molecule has 0 amide bonds. The lowest BCUT2D eigenvalue weighted by atomic mass is 10.1. The van der Waals surface area contributed by atoms with Crippen LogP contribution < -0.4 is 19.8 Å². The zero-order valence-corrected chi connectivity index (χ0v) is 15.9. The fourth-order valence-corrected chi connectivity index (χ4v) is 2.77. The normalized spacial score (nSPS) is 11.7. The minimum absolute atomic E-state index is 0.162. The van der Waals surface area contributed by atoms with Gasteiger partial charge in [0.25, 0.3) is 5.56 Å². The second-order valence-electron chi connectivity index (χ2n) is 5.92. The zero-order chi connectivity index (χ0) is 20.3. The third-order valence-corrected chi connectivity index (χ3v) is 4.23.